The number of carbonyl (C=O) groups is 1. The van der Waals surface area contributed by atoms with E-state index < -0.39 is 4.92 Å². The van der Waals surface area contributed by atoms with Crippen molar-refractivity contribution in [3.8, 4) is 0 Å². The summed E-state index contributed by atoms with van der Waals surface area (Å²) < 4.78 is 0. The van der Waals surface area contributed by atoms with E-state index in [9.17, 15) is 14.9 Å². The summed E-state index contributed by atoms with van der Waals surface area (Å²) in [6, 6.07) is 6.36. The van der Waals surface area contributed by atoms with Crippen LogP contribution in [0.1, 0.15) is 51.4 Å². The fourth-order valence-corrected chi connectivity index (χ4v) is 5.04. The second-order valence-electron chi connectivity index (χ2n) is 7.65. The van der Waals surface area contributed by atoms with Gasteiger partial charge in [0, 0.05) is 29.1 Å². The molecule has 0 atom stereocenters. The second-order valence-corrected chi connectivity index (χ2v) is 8.70. The van der Waals surface area contributed by atoms with Gasteiger partial charge in [0.2, 0.25) is 5.91 Å². The molecular formula is C20H29N3O3S. The van der Waals surface area contributed by atoms with E-state index in [0.29, 0.717) is 5.75 Å². The van der Waals surface area contributed by atoms with Crippen LogP contribution < -0.4 is 5.32 Å². The summed E-state index contributed by atoms with van der Waals surface area (Å²) in [6.07, 6.45) is 10.0. The van der Waals surface area contributed by atoms with Crippen LogP contribution in [-0.4, -0.2) is 46.7 Å². The summed E-state index contributed by atoms with van der Waals surface area (Å²) in [5.41, 5.74) is 0.219. The number of nitrogens with zero attached hydrogens (tertiary/aromatic N) is 2. The van der Waals surface area contributed by atoms with E-state index in [-0.39, 0.29) is 17.1 Å². The molecule has 2 aliphatic rings. The van der Waals surface area contributed by atoms with E-state index in [4.69, 9.17) is 0 Å². The Morgan fingerprint density at radius 2 is 1.70 bits per heavy atom. The van der Waals surface area contributed by atoms with Crippen LogP contribution in [-0.2, 0) is 4.79 Å². The largest absolute Gasteiger partial charge is 0.354 e. The molecule has 1 heterocycles. The first-order chi connectivity index (χ1) is 13.1. The quantitative estimate of drug-likeness (QED) is 0.432. The Morgan fingerprint density at radius 1 is 1.07 bits per heavy atom. The molecule has 1 aliphatic carbocycles. The van der Waals surface area contributed by atoms with Crippen LogP contribution in [0.4, 0.5) is 5.69 Å². The van der Waals surface area contributed by atoms with Gasteiger partial charge in [0.1, 0.15) is 0 Å². The topological polar surface area (TPSA) is 75.5 Å². The third-order valence-electron chi connectivity index (χ3n) is 5.84. The maximum absolute atomic E-state index is 12.4. The minimum absolute atomic E-state index is 0.0420. The molecule has 0 unspecified atom stereocenters. The average molecular weight is 392 g/mol. The molecule has 1 saturated heterocycles. The van der Waals surface area contributed by atoms with Crippen LogP contribution in [0.2, 0.25) is 0 Å². The molecule has 148 valence electrons. The van der Waals surface area contributed by atoms with Crippen LogP contribution in [0.3, 0.4) is 0 Å². The molecular weight excluding hydrogens is 362 g/mol. The molecule has 1 saturated carbocycles. The molecule has 1 amide bonds. The predicted molar refractivity (Wildman–Crippen MR) is 108 cm³/mol. The highest BCUT2D eigenvalue weighted by Gasteiger charge is 2.38. The number of hydrogen-bond acceptors (Lipinski definition) is 5. The van der Waals surface area contributed by atoms with E-state index in [1.807, 2.05) is 0 Å². The molecule has 0 aromatic heterocycles. The van der Waals surface area contributed by atoms with Crippen molar-refractivity contribution < 1.29 is 9.72 Å². The Kier molecular flexibility index (Phi) is 7.13. The summed E-state index contributed by atoms with van der Waals surface area (Å²) in [7, 11) is 0. The fourth-order valence-electron chi connectivity index (χ4n) is 4.31. The van der Waals surface area contributed by atoms with Crippen molar-refractivity contribution in [3.63, 3.8) is 0 Å². The molecule has 27 heavy (non-hydrogen) atoms. The third-order valence-corrected chi connectivity index (χ3v) is 6.86. The monoisotopic (exact) mass is 391 g/mol. The van der Waals surface area contributed by atoms with Crippen molar-refractivity contribution in [1.82, 2.24) is 10.2 Å². The third kappa shape index (κ3) is 5.45. The molecule has 0 spiro atoms. The summed E-state index contributed by atoms with van der Waals surface area (Å²) in [4.78, 5) is 26.2. The number of benzene rings is 1. The number of likely N-dealkylation sites (tertiary alicyclic amines) is 1. The highest BCUT2D eigenvalue weighted by atomic mass is 32.2. The number of thioether (sulfide) groups is 1. The van der Waals surface area contributed by atoms with Crippen LogP contribution in [0.5, 0.6) is 0 Å². The number of rotatable bonds is 7. The number of amides is 1. The van der Waals surface area contributed by atoms with Crippen LogP contribution in [0.25, 0.3) is 0 Å². The number of nitro benzene ring substituents is 1. The first kappa shape index (κ1) is 20.1. The predicted octanol–water partition coefficient (Wildman–Crippen LogP) is 3.99. The molecule has 2 fully saturated rings. The molecule has 1 aromatic rings. The SMILES string of the molecule is O=C(CSc1ccc([N+](=O)[O-])cc1)NCC1(N2CCCCC2)CCCCC1. The summed E-state index contributed by atoms with van der Waals surface area (Å²) in [5.74, 6) is 0.383. The summed E-state index contributed by atoms with van der Waals surface area (Å²) in [6.45, 7) is 3.06. The van der Waals surface area contributed by atoms with Crippen LogP contribution in [0.15, 0.2) is 29.2 Å². The molecule has 0 radical (unpaired) electrons. The Morgan fingerprint density at radius 3 is 2.33 bits per heavy atom. The Bertz CT molecular complexity index is 638. The van der Waals surface area contributed by atoms with Gasteiger partial charge in [-0.3, -0.25) is 19.8 Å². The van der Waals surface area contributed by atoms with Crippen LogP contribution >= 0.6 is 11.8 Å². The highest BCUT2D eigenvalue weighted by Crippen LogP contribution is 2.35. The van der Waals surface area contributed by atoms with Crippen molar-refractivity contribution in [2.75, 3.05) is 25.4 Å². The second kappa shape index (κ2) is 9.55. The van der Waals surface area contributed by atoms with Gasteiger partial charge in [0.25, 0.3) is 5.69 Å². The van der Waals surface area contributed by atoms with Gasteiger partial charge < -0.3 is 5.32 Å². The van der Waals surface area contributed by atoms with Gasteiger partial charge in [0.15, 0.2) is 0 Å². The zero-order valence-corrected chi connectivity index (χ0v) is 16.6. The van der Waals surface area contributed by atoms with Gasteiger partial charge in [-0.15, -0.1) is 11.8 Å². The van der Waals surface area contributed by atoms with Crippen LogP contribution in [0, 0.1) is 10.1 Å². The Balaban J connectivity index is 1.50. The standard InChI is InChI=1S/C20H29N3O3S/c24-19(15-27-18-9-7-17(8-10-18)23(25)26)21-16-20(11-3-1-4-12-20)22-13-5-2-6-14-22/h7-10H,1-6,11-16H2,(H,21,24). The van der Waals surface area contributed by atoms with Gasteiger partial charge in [-0.1, -0.05) is 25.7 Å². The molecule has 6 nitrogen and oxygen atoms in total. The van der Waals surface area contributed by atoms with E-state index in [2.05, 4.69) is 10.2 Å². The Labute approximate surface area is 165 Å². The number of hydrogen-bond donors (Lipinski definition) is 1. The smallest absolute Gasteiger partial charge is 0.269 e. The lowest BCUT2D eigenvalue weighted by molar-refractivity contribution is -0.384. The van der Waals surface area contributed by atoms with Gasteiger partial charge in [-0.25, -0.2) is 0 Å². The molecule has 3 rings (SSSR count). The maximum Gasteiger partial charge on any atom is 0.269 e. The van der Waals surface area contributed by atoms with Crippen molar-refractivity contribution in [1.29, 1.82) is 0 Å². The van der Waals surface area contributed by atoms with Crippen molar-refractivity contribution >= 4 is 23.4 Å². The molecule has 1 N–H and O–H groups in total. The average Bonchev–Trinajstić information content (AvgIpc) is 2.72. The first-order valence-electron chi connectivity index (χ1n) is 9.98. The number of nitro groups is 1. The lowest BCUT2D eigenvalue weighted by atomic mass is 9.79. The lowest BCUT2D eigenvalue weighted by Crippen LogP contribution is -2.58. The van der Waals surface area contributed by atoms with Crippen molar-refractivity contribution in [3.05, 3.63) is 34.4 Å². The normalized spacial score (nSPS) is 20.1. The number of nitrogens with one attached hydrogen (secondary N) is 1. The number of non-ortho nitro benzene ring substituents is 1. The zero-order valence-electron chi connectivity index (χ0n) is 15.8. The summed E-state index contributed by atoms with van der Waals surface area (Å²) >= 11 is 1.42. The minimum atomic E-state index is -0.411. The van der Waals surface area contributed by atoms with E-state index in [1.54, 1.807) is 12.1 Å². The fraction of sp³-hybridized carbons (Fsp3) is 0.650. The van der Waals surface area contributed by atoms with Crippen molar-refractivity contribution in [2.24, 2.45) is 0 Å². The van der Waals surface area contributed by atoms with Gasteiger partial charge in [-0.05, 0) is 50.9 Å². The Hall–Kier alpha value is -1.60. The number of carbonyl (C=O) groups excluding carboxylic acids is 1. The van der Waals surface area contributed by atoms with E-state index in [1.165, 1.54) is 75.3 Å². The summed E-state index contributed by atoms with van der Waals surface area (Å²) in [5, 5.41) is 13.9. The molecule has 0 bridgehead atoms. The van der Waals surface area contributed by atoms with Crippen molar-refractivity contribution in [2.45, 2.75) is 61.8 Å². The van der Waals surface area contributed by atoms with Gasteiger partial charge in [0.05, 0.1) is 10.7 Å². The van der Waals surface area contributed by atoms with E-state index in [0.717, 1.165) is 24.5 Å². The minimum Gasteiger partial charge on any atom is -0.354 e. The van der Waals surface area contributed by atoms with E-state index >= 15 is 0 Å². The lowest BCUT2D eigenvalue weighted by Gasteiger charge is -2.48. The van der Waals surface area contributed by atoms with Gasteiger partial charge in [-0.2, -0.15) is 0 Å². The van der Waals surface area contributed by atoms with Gasteiger partial charge >= 0.3 is 0 Å². The molecule has 1 aliphatic heterocycles. The maximum atomic E-state index is 12.4. The highest BCUT2D eigenvalue weighted by molar-refractivity contribution is 8.00. The molecule has 1 aromatic carbocycles. The molecule has 7 heteroatoms. The first-order valence-corrected chi connectivity index (χ1v) is 11.0. The number of piperidine rings is 1. The zero-order chi connectivity index (χ0) is 19.1.